The van der Waals surface area contributed by atoms with Gasteiger partial charge in [-0.2, -0.15) is 0 Å². The van der Waals surface area contributed by atoms with Gasteiger partial charge in [0.15, 0.2) is 5.76 Å². The van der Waals surface area contributed by atoms with Crippen molar-refractivity contribution in [3.05, 3.63) is 84.1 Å². The highest BCUT2D eigenvalue weighted by Crippen LogP contribution is 2.15. The molecule has 0 atom stereocenters. The Kier molecular flexibility index (Phi) is 6.36. The van der Waals surface area contributed by atoms with Crippen LogP contribution in [-0.4, -0.2) is 24.3 Å². The van der Waals surface area contributed by atoms with Gasteiger partial charge in [0, 0.05) is 29.9 Å². The number of anilines is 2. The minimum Gasteiger partial charge on any atom is -0.459 e. The average Bonchev–Trinajstić information content (AvgIpc) is 3.23. The third-order valence-electron chi connectivity index (χ3n) is 3.87. The number of halogens is 1. The van der Waals surface area contributed by atoms with Crippen LogP contribution in [0, 0.1) is 5.82 Å². The minimum atomic E-state index is -0.456. The molecule has 0 bridgehead atoms. The lowest BCUT2D eigenvalue weighted by Crippen LogP contribution is -2.27. The second-order valence-electron chi connectivity index (χ2n) is 6.08. The number of hydrogen-bond donors (Lipinski definition) is 3. The van der Waals surface area contributed by atoms with E-state index in [4.69, 9.17) is 4.42 Å². The molecule has 2 aromatic carbocycles. The van der Waals surface area contributed by atoms with Gasteiger partial charge in [-0.1, -0.05) is 12.1 Å². The number of rotatable bonds is 7. The number of benzene rings is 2. The van der Waals surface area contributed by atoms with E-state index in [1.807, 2.05) is 0 Å². The normalized spacial score (nSPS) is 10.2. The van der Waals surface area contributed by atoms with E-state index in [0.717, 1.165) is 0 Å². The van der Waals surface area contributed by atoms with E-state index in [1.165, 1.54) is 36.6 Å². The van der Waals surface area contributed by atoms with Gasteiger partial charge in [-0.25, -0.2) is 4.39 Å². The van der Waals surface area contributed by atoms with Crippen LogP contribution in [0.5, 0.6) is 0 Å². The maximum atomic E-state index is 13.2. The summed E-state index contributed by atoms with van der Waals surface area (Å²) >= 11 is 0. The molecule has 1 heterocycles. The predicted molar refractivity (Wildman–Crippen MR) is 105 cm³/mol. The second-order valence-corrected chi connectivity index (χ2v) is 6.08. The molecule has 0 unspecified atom stereocenters. The first-order valence-corrected chi connectivity index (χ1v) is 8.80. The number of carbonyl (C=O) groups excluding carboxylic acids is 3. The highest BCUT2D eigenvalue weighted by atomic mass is 19.1. The van der Waals surface area contributed by atoms with Crippen LogP contribution in [0.1, 0.15) is 27.3 Å². The Hall–Kier alpha value is -3.94. The van der Waals surface area contributed by atoms with Crippen LogP contribution < -0.4 is 16.0 Å². The summed E-state index contributed by atoms with van der Waals surface area (Å²) in [6, 6.07) is 15.0. The summed E-state index contributed by atoms with van der Waals surface area (Å²) in [4.78, 5) is 36.1. The molecule has 0 fully saturated rings. The van der Waals surface area contributed by atoms with E-state index >= 15 is 0 Å². The fourth-order valence-electron chi connectivity index (χ4n) is 2.52. The third-order valence-corrected chi connectivity index (χ3v) is 3.87. The fraction of sp³-hybridized carbons (Fsp3) is 0.0952. The first-order valence-electron chi connectivity index (χ1n) is 8.80. The van der Waals surface area contributed by atoms with Gasteiger partial charge in [-0.05, 0) is 48.5 Å². The van der Waals surface area contributed by atoms with Crippen molar-refractivity contribution in [1.29, 1.82) is 0 Å². The number of nitrogens with one attached hydrogen (secondary N) is 3. The summed E-state index contributed by atoms with van der Waals surface area (Å²) in [5.41, 5.74) is 1.06. The summed E-state index contributed by atoms with van der Waals surface area (Å²) in [7, 11) is 0. The van der Waals surface area contributed by atoms with Gasteiger partial charge in [0.1, 0.15) is 5.82 Å². The molecular formula is C21H18FN3O4. The van der Waals surface area contributed by atoms with Crippen molar-refractivity contribution < 1.29 is 23.2 Å². The summed E-state index contributed by atoms with van der Waals surface area (Å²) in [5, 5.41) is 7.83. The molecule has 0 saturated carbocycles. The third kappa shape index (κ3) is 5.77. The molecule has 0 aliphatic heterocycles. The first kappa shape index (κ1) is 19.8. The van der Waals surface area contributed by atoms with Gasteiger partial charge in [-0.15, -0.1) is 0 Å². The lowest BCUT2D eigenvalue weighted by atomic mass is 10.1. The van der Waals surface area contributed by atoms with Crippen molar-refractivity contribution in [3.8, 4) is 0 Å². The molecule has 3 aromatic rings. The van der Waals surface area contributed by atoms with E-state index in [0.29, 0.717) is 16.9 Å². The monoisotopic (exact) mass is 395 g/mol. The maximum Gasteiger partial charge on any atom is 0.286 e. The largest absolute Gasteiger partial charge is 0.459 e. The van der Waals surface area contributed by atoms with Crippen LogP contribution in [0.25, 0.3) is 0 Å². The van der Waals surface area contributed by atoms with E-state index in [1.54, 1.807) is 30.3 Å². The summed E-state index contributed by atoms with van der Waals surface area (Å²) in [5.74, 6) is -1.45. The smallest absolute Gasteiger partial charge is 0.286 e. The Labute approximate surface area is 165 Å². The molecule has 148 valence electrons. The van der Waals surface area contributed by atoms with Crippen LogP contribution in [-0.2, 0) is 4.79 Å². The summed E-state index contributed by atoms with van der Waals surface area (Å²) in [6.45, 7) is 0.130. The Bertz CT molecular complexity index is 1020. The van der Waals surface area contributed by atoms with Crippen LogP contribution in [0.2, 0.25) is 0 Å². The quantitative estimate of drug-likeness (QED) is 0.571. The molecule has 0 aliphatic rings. The fourth-order valence-corrected chi connectivity index (χ4v) is 2.52. The molecule has 0 saturated heterocycles. The van der Waals surface area contributed by atoms with Gasteiger partial charge in [0.2, 0.25) is 5.91 Å². The lowest BCUT2D eigenvalue weighted by molar-refractivity contribution is -0.116. The number of hydrogen-bond acceptors (Lipinski definition) is 4. The zero-order valence-electron chi connectivity index (χ0n) is 15.3. The van der Waals surface area contributed by atoms with Gasteiger partial charge in [-0.3, -0.25) is 14.4 Å². The Balaban J connectivity index is 1.51. The van der Waals surface area contributed by atoms with Crippen LogP contribution in [0.4, 0.5) is 15.8 Å². The van der Waals surface area contributed by atoms with Gasteiger partial charge in [0.05, 0.1) is 6.26 Å². The number of amides is 3. The Morgan fingerprint density at radius 2 is 1.62 bits per heavy atom. The van der Waals surface area contributed by atoms with Crippen molar-refractivity contribution in [2.45, 2.75) is 6.42 Å². The number of furan rings is 1. The van der Waals surface area contributed by atoms with Crippen molar-refractivity contribution in [2.24, 2.45) is 0 Å². The average molecular weight is 395 g/mol. The van der Waals surface area contributed by atoms with Gasteiger partial charge >= 0.3 is 0 Å². The first-order chi connectivity index (χ1) is 14.0. The topological polar surface area (TPSA) is 100 Å². The van der Waals surface area contributed by atoms with Gasteiger partial charge in [0.25, 0.3) is 11.8 Å². The molecule has 1 aromatic heterocycles. The molecule has 3 N–H and O–H groups in total. The second kappa shape index (κ2) is 9.32. The molecule has 3 amide bonds. The van der Waals surface area contributed by atoms with Crippen LogP contribution >= 0.6 is 0 Å². The van der Waals surface area contributed by atoms with E-state index < -0.39 is 17.6 Å². The van der Waals surface area contributed by atoms with E-state index in [-0.39, 0.29) is 24.6 Å². The molecule has 8 heteroatoms. The molecular weight excluding hydrogens is 377 g/mol. The van der Waals surface area contributed by atoms with Crippen LogP contribution in [0.3, 0.4) is 0 Å². The van der Waals surface area contributed by atoms with Crippen molar-refractivity contribution in [3.63, 3.8) is 0 Å². The molecule has 29 heavy (non-hydrogen) atoms. The highest BCUT2D eigenvalue weighted by molar-refractivity contribution is 6.05. The molecule has 3 rings (SSSR count). The summed E-state index contributed by atoms with van der Waals surface area (Å²) in [6.07, 6.45) is 1.44. The molecule has 0 spiro atoms. The van der Waals surface area contributed by atoms with Crippen molar-refractivity contribution >= 4 is 29.1 Å². The highest BCUT2D eigenvalue weighted by Gasteiger charge is 2.11. The van der Waals surface area contributed by atoms with Crippen LogP contribution in [0.15, 0.2) is 71.3 Å². The molecule has 0 aliphatic carbocycles. The van der Waals surface area contributed by atoms with Gasteiger partial charge < -0.3 is 20.4 Å². The number of carbonyl (C=O) groups is 3. The van der Waals surface area contributed by atoms with E-state index in [2.05, 4.69) is 16.0 Å². The zero-order valence-corrected chi connectivity index (χ0v) is 15.3. The lowest BCUT2D eigenvalue weighted by Gasteiger charge is -2.09. The van der Waals surface area contributed by atoms with Crippen molar-refractivity contribution in [2.75, 3.05) is 17.2 Å². The minimum absolute atomic E-state index is 0.0478. The Morgan fingerprint density at radius 3 is 2.34 bits per heavy atom. The maximum absolute atomic E-state index is 13.2. The van der Waals surface area contributed by atoms with Crippen molar-refractivity contribution in [1.82, 2.24) is 5.32 Å². The SMILES string of the molecule is O=C(CCNC(=O)c1ccco1)Nc1cccc(C(=O)Nc2cccc(F)c2)c1. The molecule has 0 radical (unpaired) electrons. The predicted octanol–water partition coefficient (Wildman–Crippen LogP) is 3.43. The standard InChI is InChI=1S/C21H18FN3O4/c22-15-5-2-7-17(13-15)25-20(27)14-4-1-6-16(12-14)24-19(26)9-10-23-21(28)18-8-3-11-29-18/h1-8,11-13H,9-10H2,(H,23,28)(H,24,26)(H,25,27). The molecule has 7 nitrogen and oxygen atoms in total. The zero-order chi connectivity index (χ0) is 20.6. The summed E-state index contributed by atoms with van der Waals surface area (Å²) < 4.78 is 18.2. The Morgan fingerprint density at radius 1 is 0.862 bits per heavy atom. The van der Waals surface area contributed by atoms with E-state index in [9.17, 15) is 18.8 Å².